The van der Waals surface area contributed by atoms with E-state index in [2.05, 4.69) is 15.0 Å². The molecule has 0 aliphatic carbocycles. The van der Waals surface area contributed by atoms with Gasteiger partial charge in [-0.05, 0) is 23.3 Å². The average Bonchev–Trinajstić information content (AvgIpc) is 2.65. The van der Waals surface area contributed by atoms with Gasteiger partial charge in [0.1, 0.15) is 11.7 Å². The molecule has 1 aliphatic heterocycles. The van der Waals surface area contributed by atoms with Gasteiger partial charge >= 0.3 is 5.97 Å². The van der Waals surface area contributed by atoms with Crippen LogP contribution in [0.1, 0.15) is 24.0 Å². The van der Waals surface area contributed by atoms with E-state index in [9.17, 15) is 4.79 Å². The molecule has 0 amide bonds. The smallest absolute Gasteiger partial charge is 0.315 e. The Balaban J connectivity index is 2.06. The van der Waals surface area contributed by atoms with Gasteiger partial charge in [0.2, 0.25) is 5.95 Å². The van der Waals surface area contributed by atoms with Crippen LogP contribution in [0.4, 0.5) is 17.6 Å². The van der Waals surface area contributed by atoms with E-state index in [-0.39, 0.29) is 17.7 Å². The normalized spacial score (nSPS) is 18.7. The van der Waals surface area contributed by atoms with Crippen LogP contribution < -0.4 is 11.5 Å². The number of hydrogen-bond donors (Lipinski definition) is 2. The maximum atomic E-state index is 12.7. The van der Waals surface area contributed by atoms with Crippen molar-refractivity contribution >= 4 is 40.0 Å². The fraction of sp³-hybridized carbons (Fsp3) is 0.200. The Morgan fingerprint density at radius 1 is 1.07 bits per heavy atom. The molecule has 4 rings (SSSR count). The summed E-state index contributed by atoms with van der Waals surface area (Å²) in [5.41, 5.74) is 14.1. The number of fused-ring (bicyclic) bond motifs is 2. The zero-order chi connectivity index (χ0) is 19.1. The molecule has 1 aliphatic rings. The standard InChI is InChI=1S/C20H19N5O2/c1-10-14(19(26)27-2)15(16-17(21)24-20(22)25-18(16)23-10)13-9-5-7-11-6-3-4-8-12(11)13/h3-9,14-15H,1-2H3,(H4,21,22,24,25). The van der Waals surface area contributed by atoms with Crippen LogP contribution in [0.3, 0.4) is 0 Å². The molecule has 0 bridgehead atoms. The summed E-state index contributed by atoms with van der Waals surface area (Å²) in [6.07, 6.45) is 0. The van der Waals surface area contributed by atoms with Gasteiger partial charge in [0, 0.05) is 17.2 Å². The third kappa shape index (κ3) is 2.68. The molecule has 1 aromatic heterocycles. The number of aliphatic imine (C=N–C) groups is 1. The van der Waals surface area contributed by atoms with Gasteiger partial charge in [-0.2, -0.15) is 9.97 Å². The molecule has 136 valence electrons. The second-order valence-electron chi connectivity index (χ2n) is 6.50. The molecule has 0 saturated heterocycles. The Hall–Kier alpha value is -3.48. The van der Waals surface area contributed by atoms with Crippen LogP contribution in [0.2, 0.25) is 0 Å². The van der Waals surface area contributed by atoms with Crippen molar-refractivity contribution in [2.24, 2.45) is 10.9 Å². The summed E-state index contributed by atoms with van der Waals surface area (Å²) in [4.78, 5) is 25.5. The van der Waals surface area contributed by atoms with Crippen molar-refractivity contribution in [1.82, 2.24) is 9.97 Å². The van der Waals surface area contributed by atoms with E-state index in [1.807, 2.05) is 42.5 Å². The predicted octanol–water partition coefficient (Wildman–Crippen LogP) is 2.82. The summed E-state index contributed by atoms with van der Waals surface area (Å²) in [6, 6.07) is 14.0. The second kappa shape index (κ2) is 6.35. The first-order valence-corrected chi connectivity index (χ1v) is 8.54. The Morgan fingerprint density at radius 3 is 2.59 bits per heavy atom. The number of nitrogens with two attached hydrogens (primary N) is 2. The number of nitrogens with zero attached hydrogens (tertiary/aromatic N) is 3. The molecule has 2 unspecified atom stereocenters. The van der Waals surface area contributed by atoms with Gasteiger partial charge in [-0.1, -0.05) is 42.5 Å². The van der Waals surface area contributed by atoms with Crippen molar-refractivity contribution in [1.29, 1.82) is 0 Å². The number of aromatic nitrogens is 2. The van der Waals surface area contributed by atoms with Crippen molar-refractivity contribution in [2.75, 3.05) is 18.6 Å². The van der Waals surface area contributed by atoms with E-state index in [1.54, 1.807) is 6.92 Å². The number of hydrogen-bond acceptors (Lipinski definition) is 7. The van der Waals surface area contributed by atoms with Gasteiger partial charge in [0.05, 0.1) is 7.11 Å². The Morgan fingerprint density at radius 2 is 1.81 bits per heavy atom. The second-order valence-corrected chi connectivity index (χ2v) is 6.50. The minimum Gasteiger partial charge on any atom is -0.468 e. The highest BCUT2D eigenvalue weighted by Gasteiger charge is 2.41. The lowest BCUT2D eigenvalue weighted by molar-refractivity contribution is -0.143. The van der Waals surface area contributed by atoms with Crippen LogP contribution in [0.5, 0.6) is 0 Å². The highest BCUT2D eigenvalue weighted by molar-refractivity contribution is 6.06. The average molecular weight is 361 g/mol. The summed E-state index contributed by atoms with van der Waals surface area (Å²) in [6.45, 7) is 1.79. The molecule has 2 heterocycles. The number of esters is 1. The Kier molecular flexibility index (Phi) is 3.99. The van der Waals surface area contributed by atoms with Crippen LogP contribution in [0, 0.1) is 5.92 Å². The van der Waals surface area contributed by atoms with E-state index in [1.165, 1.54) is 7.11 Å². The van der Waals surface area contributed by atoms with Crippen molar-refractivity contribution < 1.29 is 9.53 Å². The molecule has 4 N–H and O–H groups in total. The van der Waals surface area contributed by atoms with Gasteiger partial charge < -0.3 is 16.2 Å². The summed E-state index contributed by atoms with van der Waals surface area (Å²) >= 11 is 0. The lowest BCUT2D eigenvalue weighted by Gasteiger charge is -2.31. The zero-order valence-corrected chi connectivity index (χ0v) is 15.0. The van der Waals surface area contributed by atoms with Gasteiger partial charge in [-0.25, -0.2) is 4.99 Å². The summed E-state index contributed by atoms with van der Waals surface area (Å²) < 4.78 is 5.08. The third-order valence-corrected chi connectivity index (χ3v) is 4.96. The fourth-order valence-electron chi connectivity index (χ4n) is 3.81. The minimum atomic E-state index is -0.622. The molecular formula is C20H19N5O2. The lowest BCUT2D eigenvalue weighted by Crippen LogP contribution is -2.34. The quantitative estimate of drug-likeness (QED) is 0.678. The molecule has 0 spiro atoms. The summed E-state index contributed by atoms with van der Waals surface area (Å²) in [5.74, 6) is -0.747. The Bertz CT molecular complexity index is 1090. The number of rotatable bonds is 2. The maximum absolute atomic E-state index is 12.7. The van der Waals surface area contributed by atoms with Gasteiger partial charge in [0.25, 0.3) is 0 Å². The molecule has 0 radical (unpaired) electrons. The first-order chi connectivity index (χ1) is 13.0. The monoisotopic (exact) mass is 361 g/mol. The fourth-order valence-corrected chi connectivity index (χ4v) is 3.81. The lowest BCUT2D eigenvalue weighted by atomic mass is 9.75. The largest absolute Gasteiger partial charge is 0.468 e. The third-order valence-electron chi connectivity index (χ3n) is 4.96. The van der Waals surface area contributed by atoms with Crippen molar-refractivity contribution in [3.63, 3.8) is 0 Å². The summed E-state index contributed by atoms with van der Waals surface area (Å²) in [7, 11) is 1.37. The van der Waals surface area contributed by atoms with Crippen LogP contribution in [0.25, 0.3) is 10.8 Å². The topological polar surface area (TPSA) is 116 Å². The van der Waals surface area contributed by atoms with Gasteiger partial charge in [-0.15, -0.1) is 0 Å². The predicted molar refractivity (Wildman–Crippen MR) is 105 cm³/mol. The van der Waals surface area contributed by atoms with E-state index in [0.717, 1.165) is 16.3 Å². The van der Waals surface area contributed by atoms with Gasteiger partial charge in [0.15, 0.2) is 5.82 Å². The highest BCUT2D eigenvalue weighted by atomic mass is 16.5. The van der Waals surface area contributed by atoms with Crippen LogP contribution in [0.15, 0.2) is 47.5 Å². The molecule has 7 heteroatoms. The number of carbonyl (C=O) groups excluding carboxylic acids is 1. The Labute approximate surface area is 156 Å². The molecule has 0 fully saturated rings. The number of benzene rings is 2. The first-order valence-electron chi connectivity index (χ1n) is 8.54. The number of ether oxygens (including phenoxy) is 1. The van der Waals surface area contributed by atoms with E-state index in [0.29, 0.717) is 17.1 Å². The summed E-state index contributed by atoms with van der Waals surface area (Å²) in [5, 5.41) is 2.09. The number of methoxy groups -OCH3 is 1. The molecule has 0 saturated carbocycles. The minimum absolute atomic E-state index is 0.0518. The van der Waals surface area contributed by atoms with Crippen molar-refractivity contribution in [3.05, 3.63) is 53.6 Å². The van der Waals surface area contributed by atoms with Crippen molar-refractivity contribution in [3.8, 4) is 0 Å². The number of anilines is 2. The molecular weight excluding hydrogens is 342 g/mol. The van der Waals surface area contributed by atoms with Crippen LogP contribution in [-0.4, -0.2) is 28.8 Å². The zero-order valence-electron chi connectivity index (χ0n) is 15.0. The molecule has 2 atom stereocenters. The maximum Gasteiger partial charge on any atom is 0.315 e. The van der Waals surface area contributed by atoms with Crippen LogP contribution in [-0.2, 0) is 9.53 Å². The van der Waals surface area contributed by atoms with E-state index >= 15 is 0 Å². The van der Waals surface area contributed by atoms with Crippen LogP contribution >= 0.6 is 0 Å². The van der Waals surface area contributed by atoms with Gasteiger partial charge in [-0.3, -0.25) is 4.79 Å². The molecule has 3 aromatic rings. The number of carbonyl (C=O) groups is 1. The molecule has 7 nitrogen and oxygen atoms in total. The van der Waals surface area contributed by atoms with E-state index < -0.39 is 11.8 Å². The molecule has 2 aromatic carbocycles. The van der Waals surface area contributed by atoms with Crippen molar-refractivity contribution in [2.45, 2.75) is 12.8 Å². The molecule has 27 heavy (non-hydrogen) atoms. The number of nitrogen functional groups attached to an aromatic ring is 2. The highest BCUT2D eigenvalue weighted by Crippen LogP contribution is 2.46. The first kappa shape index (κ1) is 17.0. The van der Waals surface area contributed by atoms with E-state index in [4.69, 9.17) is 16.2 Å². The SMILES string of the molecule is COC(=O)C1C(C)=Nc2nc(N)nc(N)c2C1c1cccc2ccccc12.